The Kier molecular flexibility index (Phi) is 6.05. The first-order valence-corrected chi connectivity index (χ1v) is 8.44. The fourth-order valence-electron chi connectivity index (χ4n) is 2.70. The van der Waals surface area contributed by atoms with Crippen molar-refractivity contribution in [1.82, 2.24) is 4.90 Å². The molecule has 1 N–H and O–H groups in total. The van der Waals surface area contributed by atoms with E-state index in [2.05, 4.69) is 0 Å². The average Bonchev–Trinajstić information content (AvgIpc) is 2.52. The van der Waals surface area contributed by atoms with Gasteiger partial charge in [0.05, 0.1) is 18.7 Å². The van der Waals surface area contributed by atoms with Gasteiger partial charge in [0.1, 0.15) is 17.5 Å². The number of piperidine rings is 1. The number of nitrogens with zero attached hydrogens (tertiary/aromatic N) is 1. The van der Waals surface area contributed by atoms with Crippen molar-refractivity contribution >= 4 is 6.09 Å². The number of carbonyl (C=O) groups is 1. The van der Waals surface area contributed by atoms with Crippen molar-refractivity contribution in [3.63, 3.8) is 0 Å². The molecule has 0 bridgehead atoms. The SMILES string of the molecule is CC(C)(C)OC(=O)N1CCCC(Oc2cc(CO)cc(C(F)(F)F)c2)C1. The van der Waals surface area contributed by atoms with E-state index in [1.54, 1.807) is 20.8 Å². The maximum Gasteiger partial charge on any atom is 0.416 e. The van der Waals surface area contributed by atoms with E-state index in [4.69, 9.17) is 9.47 Å². The topological polar surface area (TPSA) is 59.0 Å². The van der Waals surface area contributed by atoms with Gasteiger partial charge in [-0.1, -0.05) is 0 Å². The van der Waals surface area contributed by atoms with Gasteiger partial charge in [0, 0.05) is 6.54 Å². The minimum Gasteiger partial charge on any atom is -0.489 e. The molecule has 1 aliphatic rings. The predicted octanol–water partition coefficient (Wildman–Crippen LogP) is 3.98. The van der Waals surface area contributed by atoms with Crippen LogP contribution in [-0.4, -0.2) is 40.9 Å². The minimum absolute atomic E-state index is 0.0277. The standard InChI is InChI=1S/C18H24F3NO4/c1-17(2,3)26-16(24)22-6-4-5-14(10-22)25-15-8-12(11-23)7-13(9-15)18(19,20)21/h7-9,14,23H,4-6,10-11H2,1-3H3. The number of hydrogen-bond acceptors (Lipinski definition) is 4. The molecule has 26 heavy (non-hydrogen) atoms. The lowest BCUT2D eigenvalue weighted by molar-refractivity contribution is -0.137. The number of alkyl halides is 3. The van der Waals surface area contributed by atoms with Crippen LogP contribution in [0.2, 0.25) is 0 Å². The van der Waals surface area contributed by atoms with Gasteiger partial charge >= 0.3 is 12.3 Å². The number of amides is 1. The Labute approximate surface area is 150 Å². The molecule has 0 saturated carbocycles. The van der Waals surface area contributed by atoms with Crippen LogP contribution in [0.3, 0.4) is 0 Å². The van der Waals surface area contributed by atoms with E-state index in [1.165, 1.54) is 11.0 Å². The van der Waals surface area contributed by atoms with Crippen LogP contribution in [0.15, 0.2) is 18.2 Å². The van der Waals surface area contributed by atoms with Crippen molar-refractivity contribution in [3.05, 3.63) is 29.3 Å². The molecule has 1 aliphatic heterocycles. The maximum absolute atomic E-state index is 13.0. The van der Waals surface area contributed by atoms with Crippen LogP contribution < -0.4 is 4.74 Å². The zero-order valence-corrected chi connectivity index (χ0v) is 15.1. The van der Waals surface area contributed by atoms with Gasteiger partial charge in [-0.3, -0.25) is 0 Å². The fraction of sp³-hybridized carbons (Fsp3) is 0.611. The van der Waals surface area contributed by atoms with Gasteiger partial charge in [-0.15, -0.1) is 0 Å². The molecule has 1 aromatic carbocycles. The molecule has 0 radical (unpaired) electrons. The van der Waals surface area contributed by atoms with Gasteiger partial charge in [-0.25, -0.2) is 4.79 Å². The lowest BCUT2D eigenvalue weighted by Crippen LogP contribution is -2.46. The van der Waals surface area contributed by atoms with E-state index in [0.29, 0.717) is 19.4 Å². The van der Waals surface area contributed by atoms with Crippen molar-refractivity contribution in [2.75, 3.05) is 13.1 Å². The van der Waals surface area contributed by atoms with Crippen LogP contribution in [0, 0.1) is 0 Å². The second-order valence-electron chi connectivity index (χ2n) is 7.33. The van der Waals surface area contributed by atoms with Gasteiger partial charge in [-0.2, -0.15) is 13.2 Å². The van der Waals surface area contributed by atoms with E-state index < -0.39 is 36.1 Å². The first-order valence-electron chi connectivity index (χ1n) is 8.44. The third-order valence-corrected chi connectivity index (χ3v) is 3.81. The Bertz CT molecular complexity index is 640. The normalized spacial score (nSPS) is 18.6. The van der Waals surface area contributed by atoms with Crippen molar-refractivity contribution < 1.29 is 32.5 Å². The van der Waals surface area contributed by atoms with Crippen molar-refractivity contribution in [3.8, 4) is 5.75 Å². The molecule has 0 spiro atoms. The molecule has 0 aromatic heterocycles. The minimum atomic E-state index is -4.53. The molecule has 1 amide bonds. The van der Waals surface area contributed by atoms with E-state index in [9.17, 15) is 23.1 Å². The summed E-state index contributed by atoms with van der Waals surface area (Å²) < 4.78 is 50.0. The molecular weight excluding hydrogens is 351 g/mol. The molecule has 8 heteroatoms. The quantitative estimate of drug-likeness (QED) is 0.868. The molecule has 2 rings (SSSR count). The number of halogens is 3. The fourth-order valence-corrected chi connectivity index (χ4v) is 2.70. The summed E-state index contributed by atoms with van der Waals surface area (Å²) >= 11 is 0. The summed E-state index contributed by atoms with van der Waals surface area (Å²) in [5, 5.41) is 9.19. The van der Waals surface area contributed by atoms with E-state index >= 15 is 0 Å². The zero-order valence-electron chi connectivity index (χ0n) is 15.1. The van der Waals surface area contributed by atoms with Crippen LogP contribution >= 0.6 is 0 Å². The van der Waals surface area contributed by atoms with Gasteiger partial charge in [0.25, 0.3) is 0 Å². The third-order valence-electron chi connectivity index (χ3n) is 3.81. The molecule has 0 aliphatic carbocycles. The summed E-state index contributed by atoms with van der Waals surface area (Å²) in [6.07, 6.45) is -4.16. The molecule has 5 nitrogen and oxygen atoms in total. The number of ether oxygens (including phenoxy) is 2. The first-order chi connectivity index (χ1) is 12.0. The summed E-state index contributed by atoms with van der Waals surface area (Å²) in [5.41, 5.74) is -1.38. The highest BCUT2D eigenvalue weighted by Crippen LogP contribution is 2.33. The van der Waals surface area contributed by atoms with E-state index in [0.717, 1.165) is 12.1 Å². The zero-order chi connectivity index (χ0) is 19.5. The Morgan fingerprint density at radius 3 is 2.54 bits per heavy atom. The molecule has 1 saturated heterocycles. The van der Waals surface area contributed by atoms with Crippen LogP contribution in [0.1, 0.15) is 44.7 Å². The third kappa shape index (κ3) is 5.79. The van der Waals surface area contributed by atoms with Crippen LogP contribution in [0.4, 0.5) is 18.0 Å². The van der Waals surface area contributed by atoms with Gasteiger partial charge in [0.2, 0.25) is 0 Å². The largest absolute Gasteiger partial charge is 0.489 e. The predicted molar refractivity (Wildman–Crippen MR) is 88.8 cm³/mol. The van der Waals surface area contributed by atoms with Gasteiger partial charge < -0.3 is 19.5 Å². The Morgan fingerprint density at radius 2 is 1.96 bits per heavy atom. The second kappa shape index (κ2) is 7.73. The Balaban J connectivity index is 2.09. The van der Waals surface area contributed by atoms with Crippen molar-refractivity contribution in [2.45, 2.75) is 58.1 Å². The molecule has 1 aromatic rings. The molecular formula is C18H24F3NO4. The van der Waals surface area contributed by atoms with E-state index in [1.807, 2.05) is 0 Å². The summed E-state index contributed by atoms with van der Waals surface area (Å²) in [6, 6.07) is 3.17. The smallest absolute Gasteiger partial charge is 0.416 e. The molecule has 1 atom stereocenters. The number of hydrogen-bond donors (Lipinski definition) is 1. The number of rotatable bonds is 3. The highest BCUT2D eigenvalue weighted by Gasteiger charge is 2.32. The second-order valence-corrected chi connectivity index (χ2v) is 7.33. The summed E-state index contributed by atoms with van der Waals surface area (Å²) in [4.78, 5) is 13.7. The average molecular weight is 375 g/mol. The molecule has 1 unspecified atom stereocenters. The monoisotopic (exact) mass is 375 g/mol. The lowest BCUT2D eigenvalue weighted by Gasteiger charge is -2.34. The highest BCUT2D eigenvalue weighted by molar-refractivity contribution is 5.68. The van der Waals surface area contributed by atoms with Gasteiger partial charge in [-0.05, 0) is 57.4 Å². The van der Waals surface area contributed by atoms with E-state index in [-0.39, 0.29) is 17.9 Å². The number of aliphatic hydroxyl groups excluding tert-OH is 1. The number of benzene rings is 1. The summed E-state index contributed by atoms with van der Waals surface area (Å²) in [7, 11) is 0. The van der Waals surface area contributed by atoms with Crippen LogP contribution in [0.25, 0.3) is 0 Å². The Hall–Kier alpha value is -1.96. The van der Waals surface area contributed by atoms with Crippen LogP contribution in [0.5, 0.6) is 5.75 Å². The first kappa shape index (κ1) is 20.4. The summed E-state index contributed by atoms with van der Waals surface area (Å²) in [5.74, 6) is 0.0277. The number of aliphatic hydroxyl groups is 1. The van der Waals surface area contributed by atoms with Crippen LogP contribution in [-0.2, 0) is 17.5 Å². The molecule has 1 heterocycles. The lowest BCUT2D eigenvalue weighted by atomic mass is 10.1. The molecule has 1 fully saturated rings. The maximum atomic E-state index is 13.0. The van der Waals surface area contributed by atoms with Crippen molar-refractivity contribution in [2.24, 2.45) is 0 Å². The Morgan fingerprint density at radius 1 is 1.27 bits per heavy atom. The number of likely N-dealkylation sites (tertiary alicyclic amines) is 1. The number of carbonyl (C=O) groups excluding carboxylic acids is 1. The van der Waals surface area contributed by atoms with Crippen molar-refractivity contribution in [1.29, 1.82) is 0 Å². The van der Waals surface area contributed by atoms with Gasteiger partial charge in [0.15, 0.2) is 0 Å². The highest BCUT2D eigenvalue weighted by atomic mass is 19.4. The summed E-state index contributed by atoms with van der Waals surface area (Å²) in [6.45, 7) is 5.53. The molecule has 146 valence electrons.